The number of rotatable bonds is 3. The van der Waals surface area contributed by atoms with Crippen molar-refractivity contribution in [2.24, 2.45) is 0 Å². The highest BCUT2D eigenvalue weighted by molar-refractivity contribution is 5.93. The summed E-state index contributed by atoms with van der Waals surface area (Å²) in [6.07, 6.45) is 0.0830. The molecule has 0 saturated heterocycles. The summed E-state index contributed by atoms with van der Waals surface area (Å²) in [5.41, 5.74) is -1.47. The van der Waals surface area contributed by atoms with Crippen LogP contribution in [-0.2, 0) is 6.42 Å². The maximum absolute atomic E-state index is 10.7. The number of hydrogen-bond acceptors (Lipinski definition) is 5. The Hall–Kier alpha value is -2.31. The first kappa shape index (κ1) is 11.8. The van der Waals surface area contributed by atoms with Crippen molar-refractivity contribution in [1.82, 2.24) is 0 Å². The molecule has 0 aliphatic heterocycles. The number of carbonyl (C=O) groups is 1. The largest absolute Gasteiger partial charge is 0.507 e. The number of carboxylic acids is 1. The lowest BCUT2D eigenvalue weighted by Gasteiger charge is -2.08. The Balaban J connectivity index is 3.62. The molecule has 0 radical (unpaired) electrons. The highest BCUT2D eigenvalue weighted by Crippen LogP contribution is 2.38. The quantitative estimate of drug-likeness (QED) is 0.528. The average molecular weight is 227 g/mol. The Morgan fingerprint density at radius 2 is 2.00 bits per heavy atom. The monoisotopic (exact) mass is 227 g/mol. The third-order valence-corrected chi connectivity index (χ3v) is 2.13. The molecule has 0 aromatic heterocycles. The third-order valence-electron chi connectivity index (χ3n) is 2.13. The molecule has 7 nitrogen and oxygen atoms in total. The number of aromatic hydroxyl groups is 2. The van der Waals surface area contributed by atoms with Crippen molar-refractivity contribution in [1.29, 1.82) is 0 Å². The normalized spacial score (nSPS) is 10.1. The Kier molecular flexibility index (Phi) is 2.98. The number of aromatic carboxylic acids is 1. The first-order chi connectivity index (χ1) is 7.40. The molecule has 16 heavy (non-hydrogen) atoms. The summed E-state index contributed by atoms with van der Waals surface area (Å²) < 4.78 is 0. The molecule has 1 rings (SSSR count). The van der Waals surface area contributed by atoms with Crippen molar-refractivity contribution in [3.05, 3.63) is 27.3 Å². The van der Waals surface area contributed by atoms with Gasteiger partial charge in [0.2, 0.25) is 5.75 Å². The molecular formula is C9H9NO6. The van der Waals surface area contributed by atoms with E-state index in [4.69, 9.17) is 5.11 Å². The lowest BCUT2D eigenvalue weighted by Crippen LogP contribution is -2.02. The molecule has 0 amide bonds. The molecule has 1 aromatic carbocycles. The molecule has 3 N–H and O–H groups in total. The fraction of sp³-hybridized carbons (Fsp3) is 0.222. The standard InChI is InChI=1S/C9H9NO6/c1-2-4-7(11)5(9(13)14)3-6(8(4)12)10(15)16/h3,11-12H,2H2,1H3,(H,13,14). The summed E-state index contributed by atoms with van der Waals surface area (Å²) in [7, 11) is 0. The van der Waals surface area contributed by atoms with Crippen LogP contribution in [0.25, 0.3) is 0 Å². The second-order valence-electron chi connectivity index (χ2n) is 3.03. The lowest BCUT2D eigenvalue weighted by atomic mass is 10.0. The number of hydrogen-bond donors (Lipinski definition) is 3. The zero-order valence-corrected chi connectivity index (χ0v) is 8.30. The van der Waals surface area contributed by atoms with Gasteiger partial charge in [0.05, 0.1) is 4.92 Å². The maximum atomic E-state index is 10.7. The van der Waals surface area contributed by atoms with Gasteiger partial charge in [-0.25, -0.2) is 4.79 Å². The van der Waals surface area contributed by atoms with E-state index in [1.54, 1.807) is 0 Å². The number of phenols is 2. The van der Waals surface area contributed by atoms with Crippen molar-refractivity contribution in [3.8, 4) is 11.5 Å². The molecule has 0 unspecified atom stereocenters. The van der Waals surface area contributed by atoms with Crippen LogP contribution >= 0.6 is 0 Å². The molecule has 7 heteroatoms. The zero-order valence-electron chi connectivity index (χ0n) is 8.30. The number of benzene rings is 1. The SMILES string of the molecule is CCc1c(O)c(C(=O)O)cc([N+](=O)[O-])c1O. The van der Waals surface area contributed by atoms with Crippen molar-refractivity contribution < 1.29 is 25.0 Å². The molecule has 0 aliphatic carbocycles. The van der Waals surface area contributed by atoms with Crippen LogP contribution in [0.15, 0.2) is 6.07 Å². The zero-order chi connectivity index (χ0) is 12.5. The van der Waals surface area contributed by atoms with E-state index in [0.717, 1.165) is 0 Å². The average Bonchev–Trinajstić information content (AvgIpc) is 2.17. The topological polar surface area (TPSA) is 121 Å². The minimum atomic E-state index is -1.49. The second-order valence-corrected chi connectivity index (χ2v) is 3.03. The van der Waals surface area contributed by atoms with Gasteiger partial charge in [0.1, 0.15) is 11.3 Å². The van der Waals surface area contributed by atoms with E-state index in [9.17, 15) is 25.1 Å². The van der Waals surface area contributed by atoms with Crippen molar-refractivity contribution in [3.63, 3.8) is 0 Å². The highest BCUT2D eigenvalue weighted by atomic mass is 16.6. The summed E-state index contributed by atoms with van der Waals surface area (Å²) in [5.74, 6) is -2.83. The molecule has 0 fully saturated rings. The Morgan fingerprint density at radius 3 is 2.38 bits per heavy atom. The molecule has 86 valence electrons. The highest BCUT2D eigenvalue weighted by Gasteiger charge is 2.25. The molecule has 0 saturated carbocycles. The third kappa shape index (κ3) is 1.74. The summed E-state index contributed by atoms with van der Waals surface area (Å²) in [4.78, 5) is 20.4. The number of phenolic OH excluding ortho intramolecular Hbond substituents is 1. The molecule has 0 aliphatic rings. The van der Waals surface area contributed by atoms with Crippen LogP contribution in [0, 0.1) is 10.1 Å². The molecule has 0 atom stereocenters. The van der Waals surface area contributed by atoms with E-state index in [1.165, 1.54) is 6.92 Å². The van der Waals surface area contributed by atoms with Crippen LogP contribution in [0.2, 0.25) is 0 Å². The number of nitrogens with zero attached hydrogens (tertiary/aromatic N) is 1. The molecule has 1 aromatic rings. The van der Waals surface area contributed by atoms with Gasteiger partial charge in [0, 0.05) is 11.6 Å². The van der Waals surface area contributed by atoms with Crippen molar-refractivity contribution in [2.45, 2.75) is 13.3 Å². The first-order valence-electron chi connectivity index (χ1n) is 4.35. The smallest absolute Gasteiger partial charge is 0.339 e. The summed E-state index contributed by atoms with van der Waals surface area (Å²) >= 11 is 0. The van der Waals surface area contributed by atoms with Gasteiger partial charge >= 0.3 is 11.7 Å². The van der Waals surface area contributed by atoms with E-state index in [0.29, 0.717) is 6.07 Å². The molecular weight excluding hydrogens is 218 g/mol. The van der Waals surface area contributed by atoms with Gasteiger partial charge in [-0.2, -0.15) is 0 Å². The van der Waals surface area contributed by atoms with E-state index < -0.39 is 33.6 Å². The van der Waals surface area contributed by atoms with Crippen LogP contribution in [0.5, 0.6) is 11.5 Å². The van der Waals surface area contributed by atoms with Crippen molar-refractivity contribution in [2.75, 3.05) is 0 Å². The summed E-state index contributed by atoms with van der Waals surface area (Å²) in [5, 5.41) is 38.2. The Bertz CT molecular complexity index is 429. The fourth-order valence-electron chi connectivity index (χ4n) is 1.34. The fourth-order valence-corrected chi connectivity index (χ4v) is 1.34. The van der Waals surface area contributed by atoms with Crippen LogP contribution in [-0.4, -0.2) is 26.2 Å². The van der Waals surface area contributed by atoms with Gasteiger partial charge in [0.25, 0.3) is 0 Å². The number of carboxylic acid groups (broad SMARTS) is 1. The molecule has 0 heterocycles. The number of nitro groups is 1. The van der Waals surface area contributed by atoms with Gasteiger partial charge in [0.15, 0.2) is 0 Å². The van der Waals surface area contributed by atoms with Crippen LogP contribution in [0.4, 0.5) is 5.69 Å². The van der Waals surface area contributed by atoms with E-state index in [-0.39, 0.29) is 12.0 Å². The van der Waals surface area contributed by atoms with Crippen LogP contribution in [0.3, 0.4) is 0 Å². The minimum Gasteiger partial charge on any atom is -0.507 e. The van der Waals surface area contributed by atoms with E-state index in [2.05, 4.69) is 0 Å². The minimum absolute atomic E-state index is 0.0830. The van der Waals surface area contributed by atoms with Gasteiger partial charge in [-0.15, -0.1) is 0 Å². The van der Waals surface area contributed by atoms with Gasteiger partial charge in [-0.3, -0.25) is 10.1 Å². The van der Waals surface area contributed by atoms with E-state index >= 15 is 0 Å². The number of nitro benzene ring substituents is 1. The molecule has 0 bridgehead atoms. The predicted octanol–water partition coefficient (Wildman–Crippen LogP) is 1.27. The predicted molar refractivity (Wildman–Crippen MR) is 52.8 cm³/mol. The Labute approximate surface area is 89.7 Å². The van der Waals surface area contributed by atoms with Crippen LogP contribution < -0.4 is 0 Å². The lowest BCUT2D eigenvalue weighted by molar-refractivity contribution is -0.386. The van der Waals surface area contributed by atoms with Gasteiger partial charge < -0.3 is 15.3 Å². The summed E-state index contributed by atoms with van der Waals surface area (Å²) in [6.45, 7) is 1.53. The first-order valence-corrected chi connectivity index (χ1v) is 4.35. The molecule has 0 spiro atoms. The van der Waals surface area contributed by atoms with Crippen LogP contribution in [0.1, 0.15) is 22.8 Å². The van der Waals surface area contributed by atoms with E-state index in [1.807, 2.05) is 0 Å². The van der Waals surface area contributed by atoms with Gasteiger partial charge in [-0.1, -0.05) is 6.92 Å². The van der Waals surface area contributed by atoms with Crippen molar-refractivity contribution >= 4 is 11.7 Å². The second kappa shape index (κ2) is 4.05. The Morgan fingerprint density at radius 1 is 1.44 bits per heavy atom. The van der Waals surface area contributed by atoms with Gasteiger partial charge in [-0.05, 0) is 6.42 Å². The maximum Gasteiger partial charge on any atom is 0.339 e. The summed E-state index contributed by atoms with van der Waals surface area (Å²) in [6, 6.07) is 0.631.